The fourth-order valence-electron chi connectivity index (χ4n) is 4.90. The molecule has 3 aliphatic rings. The van der Waals surface area contributed by atoms with Crippen LogP contribution in [0, 0.1) is 6.92 Å². The van der Waals surface area contributed by atoms with Crippen molar-refractivity contribution in [3.63, 3.8) is 0 Å². The number of rotatable bonds is 8. The summed E-state index contributed by atoms with van der Waals surface area (Å²) in [7, 11) is 0. The Kier molecular flexibility index (Phi) is 7.74. The number of aryl methyl sites for hydroxylation is 1. The van der Waals surface area contributed by atoms with Crippen molar-refractivity contribution in [2.75, 3.05) is 51.5 Å². The summed E-state index contributed by atoms with van der Waals surface area (Å²) in [6.07, 6.45) is 4.20. The van der Waals surface area contributed by atoms with E-state index in [9.17, 15) is 9.59 Å². The molecule has 3 aliphatic heterocycles. The number of nitrogens with one attached hydrogen (secondary N) is 1. The lowest BCUT2D eigenvalue weighted by Crippen LogP contribution is -2.37. The Labute approximate surface area is 240 Å². The van der Waals surface area contributed by atoms with E-state index >= 15 is 0 Å². The fourth-order valence-corrected chi connectivity index (χ4v) is 6.14. The van der Waals surface area contributed by atoms with Crippen LogP contribution in [0.5, 0.6) is 11.5 Å². The summed E-state index contributed by atoms with van der Waals surface area (Å²) in [5.41, 5.74) is 2.42. The van der Waals surface area contributed by atoms with E-state index in [2.05, 4.69) is 10.2 Å². The molecule has 5 heterocycles. The van der Waals surface area contributed by atoms with Gasteiger partial charge >= 0.3 is 0 Å². The zero-order valence-corrected chi connectivity index (χ0v) is 23.7. The molecule has 2 aromatic heterocycles. The number of anilines is 1. The van der Waals surface area contributed by atoms with Gasteiger partial charge < -0.3 is 19.5 Å². The van der Waals surface area contributed by atoms with Gasteiger partial charge in [0.05, 0.1) is 30.2 Å². The van der Waals surface area contributed by atoms with E-state index in [0.717, 1.165) is 50.4 Å². The van der Waals surface area contributed by atoms with Crippen molar-refractivity contribution in [3.8, 4) is 11.5 Å². The number of ether oxygens (including phenoxy) is 3. The van der Waals surface area contributed by atoms with Crippen LogP contribution in [0.15, 0.2) is 46.2 Å². The maximum absolute atomic E-state index is 13.7. The quantitative estimate of drug-likeness (QED) is 0.243. The number of thiocarbonyl (C=S) groups is 1. The lowest BCUT2D eigenvalue weighted by molar-refractivity contribution is -0.122. The third kappa shape index (κ3) is 5.44. The van der Waals surface area contributed by atoms with Gasteiger partial charge in [-0.25, -0.2) is 4.98 Å². The SMILES string of the molecule is Cc1cccn2c(=O)c(/C=C3\SC(=S)N(Cc4ccc5c(c4)OCO5)C3=O)c(NCCCN3CCOCC3)nc12. The second kappa shape index (κ2) is 11.6. The second-order valence-corrected chi connectivity index (χ2v) is 11.4. The number of hydrogen-bond donors (Lipinski definition) is 1. The predicted octanol–water partition coefficient (Wildman–Crippen LogP) is 3.27. The highest BCUT2D eigenvalue weighted by atomic mass is 32.2. The summed E-state index contributed by atoms with van der Waals surface area (Å²) in [6.45, 7) is 7.32. The number of pyridine rings is 1. The van der Waals surface area contributed by atoms with Gasteiger partial charge in [-0.3, -0.25) is 23.8 Å². The number of aromatic nitrogens is 2. The van der Waals surface area contributed by atoms with E-state index in [1.165, 1.54) is 21.1 Å². The Hall–Kier alpha value is -3.45. The van der Waals surface area contributed by atoms with E-state index in [4.69, 9.17) is 31.4 Å². The average Bonchev–Trinajstić information content (AvgIpc) is 3.53. The first-order valence-electron chi connectivity index (χ1n) is 13.2. The van der Waals surface area contributed by atoms with Crippen LogP contribution >= 0.6 is 24.0 Å². The Morgan fingerprint density at radius 2 is 1.98 bits per heavy atom. The van der Waals surface area contributed by atoms with Crippen LogP contribution < -0.4 is 20.3 Å². The summed E-state index contributed by atoms with van der Waals surface area (Å²) in [4.78, 5) is 36.2. The summed E-state index contributed by atoms with van der Waals surface area (Å²) >= 11 is 6.75. The molecule has 0 spiro atoms. The van der Waals surface area contributed by atoms with E-state index in [0.29, 0.717) is 50.8 Å². The summed E-state index contributed by atoms with van der Waals surface area (Å²) in [5, 5.41) is 3.37. The normalized spacial score (nSPS) is 18.3. The topological polar surface area (TPSA) is 97.6 Å². The van der Waals surface area contributed by atoms with Gasteiger partial charge in [-0.15, -0.1) is 0 Å². The highest BCUT2D eigenvalue weighted by molar-refractivity contribution is 8.26. The van der Waals surface area contributed by atoms with Gasteiger partial charge in [0.25, 0.3) is 11.5 Å². The molecule has 0 unspecified atom stereocenters. The van der Waals surface area contributed by atoms with Crippen molar-refractivity contribution < 1.29 is 19.0 Å². The molecule has 6 rings (SSSR count). The van der Waals surface area contributed by atoms with Crippen molar-refractivity contribution in [1.82, 2.24) is 19.2 Å². The number of thioether (sulfide) groups is 1. The zero-order chi connectivity index (χ0) is 27.6. The molecule has 1 N–H and O–H groups in total. The van der Waals surface area contributed by atoms with E-state index < -0.39 is 0 Å². The standard InChI is InChI=1S/C28H29N5O5S2/c1-18-4-2-9-32-25(18)30-24(29-7-3-8-31-10-12-36-13-11-31)20(26(32)34)15-23-27(35)33(28(39)40-23)16-19-5-6-21-22(14-19)38-17-37-21/h2,4-6,9,14-15,29H,3,7-8,10-13,16-17H2,1H3/b23-15-. The lowest BCUT2D eigenvalue weighted by Gasteiger charge is -2.26. The third-order valence-corrected chi connectivity index (χ3v) is 8.44. The van der Waals surface area contributed by atoms with Gasteiger partial charge in [0.15, 0.2) is 11.5 Å². The molecule has 0 saturated carbocycles. The third-order valence-electron chi connectivity index (χ3n) is 7.06. The number of amides is 1. The maximum Gasteiger partial charge on any atom is 0.267 e. The summed E-state index contributed by atoms with van der Waals surface area (Å²) in [5.74, 6) is 1.54. The lowest BCUT2D eigenvalue weighted by atomic mass is 10.2. The number of carbonyl (C=O) groups is 1. The molecule has 12 heteroatoms. The number of morpholine rings is 1. The van der Waals surface area contributed by atoms with Crippen LogP contribution in [0.25, 0.3) is 11.7 Å². The molecule has 208 valence electrons. The molecule has 0 radical (unpaired) electrons. The Balaban J connectivity index is 1.25. The number of nitrogens with zero attached hydrogens (tertiary/aromatic N) is 4. The first-order chi connectivity index (χ1) is 19.5. The van der Waals surface area contributed by atoms with E-state index in [-0.39, 0.29) is 18.3 Å². The smallest absolute Gasteiger partial charge is 0.267 e. The van der Waals surface area contributed by atoms with Gasteiger partial charge in [-0.2, -0.15) is 0 Å². The van der Waals surface area contributed by atoms with Crippen molar-refractivity contribution in [3.05, 3.63) is 68.5 Å². The highest BCUT2D eigenvalue weighted by Gasteiger charge is 2.33. The molecule has 0 aliphatic carbocycles. The van der Waals surface area contributed by atoms with Crippen LogP contribution in [0.3, 0.4) is 0 Å². The van der Waals surface area contributed by atoms with Crippen LogP contribution in [-0.2, 0) is 16.1 Å². The van der Waals surface area contributed by atoms with E-state index in [1.54, 1.807) is 12.3 Å². The number of benzene rings is 1. The first-order valence-corrected chi connectivity index (χ1v) is 14.4. The van der Waals surface area contributed by atoms with Crippen molar-refractivity contribution in [2.45, 2.75) is 19.9 Å². The number of hydrogen-bond acceptors (Lipinski definition) is 10. The molecular weight excluding hydrogens is 550 g/mol. The van der Waals surface area contributed by atoms with Gasteiger partial charge in [0, 0.05) is 25.8 Å². The number of fused-ring (bicyclic) bond motifs is 2. The molecule has 40 heavy (non-hydrogen) atoms. The molecule has 2 saturated heterocycles. The zero-order valence-electron chi connectivity index (χ0n) is 22.1. The molecular formula is C28H29N5O5S2. The van der Waals surface area contributed by atoms with Crippen molar-refractivity contribution in [2.24, 2.45) is 0 Å². The Morgan fingerprint density at radius 3 is 2.83 bits per heavy atom. The fraction of sp³-hybridized carbons (Fsp3) is 0.357. The Bertz CT molecular complexity index is 1570. The van der Waals surface area contributed by atoms with Crippen molar-refractivity contribution >= 4 is 51.7 Å². The minimum Gasteiger partial charge on any atom is -0.454 e. The molecule has 2 fully saturated rings. The second-order valence-electron chi connectivity index (χ2n) is 9.75. The van der Waals surface area contributed by atoms with Gasteiger partial charge in [0.2, 0.25) is 6.79 Å². The summed E-state index contributed by atoms with van der Waals surface area (Å²) in [6, 6.07) is 9.30. The molecule has 10 nitrogen and oxygen atoms in total. The molecule has 1 aromatic carbocycles. The Morgan fingerprint density at radius 1 is 1.15 bits per heavy atom. The molecule has 1 amide bonds. The van der Waals surface area contributed by atoms with Crippen LogP contribution in [0.2, 0.25) is 0 Å². The van der Waals surface area contributed by atoms with E-state index in [1.807, 2.05) is 37.3 Å². The number of carbonyl (C=O) groups excluding carboxylic acids is 1. The van der Waals surface area contributed by atoms with Gasteiger partial charge in [-0.1, -0.05) is 36.1 Å². The van der Waals surface area contributed by atoms with Gasteiger partial charge in [0.1, 0.15) is 15.8 Å². The average molecular weight is 580 g/mol. The first kappa shape index (κ1) is 26.8. The molecule has 0 atom stereocenters. The molecule has 0 bridgehead atoms. The largest absolute Gasteiger partial charge is 0.454 e. The minimum atomic E-state index is -0.250. The molecule has 3 aromatic rings. The minimum absolute atomic E-state index is 0.182. The maximum atomic E-state index is 13.7. The van der Waals surface area contributed by atoms with Crippen LogP contribution in [0.1, 0.15) is 23.1 Å². The predicted molar refractivity (Wildman–Crippen MR) is 158 cm³/mol. The van der Waals surface area contributed by atoms with Crippen molar-refractivity contribution in [1.29, 1.82) is 0 Å². The monoisotopic (exact) mass is 579 g/mol. The summed E-state index contributed by atoms with van der Waals surface area (Å²) < 4.78 is 18.2. The van der Waals surface area contributed by atoms with Gasteiger partial charge in [-0.05, 0) is 55.3 Å². The highest BCUT2D eigenvalue weighted by Crippen LogP contribution is 2.36. The van der Waals surface area contributed by atoms with Crippen LogP contribution in [-0.4, -0.2) is 75.6 Å². The van der Waals surface area contributed by atoms with Crippen LogP contribution in [0.4, 0.5) is 5.82 Å².